The maximum Gasteiger partial charge on any atom is 0.221 e. The van der Waals surface area contributed by atoms with Crippen LogP contribution in [0.5, 0.6) is 0 Å². The average Bonchev–Trinajstić information content (AvgIpc) is 3.24. The molecule has 1 N–H and O–H groups in total. The molecule has 2 heterocycles. The number of aromatic nitrogens is 4. The van der Waals surface area contributed by atoms with Gasteiger partial charge in [-0.15, -0.1) is 5.10 Å². The summed E-state index contributed by atoms with van der Waals surface area (Å²) in [5.41, 5.74) is 0.823. The van der Waals surface area contributed by atoms with E-state index in [-0.39, 0.29) is 30.0 Å². The van der Waals surface area contributed by atoms with E-state index in [9.17, 15) is 13.2 Å². The maximum atomic E-state index is 12.1. The van der Waals surface area contributed by atoms with Crippen molar-refractivity contribution >= 4 is 15.7 Å². The standard InChI is InChI=1S/C16H22N6O3S/c1-21(14-8-10-26(24,25)12-14)9-7-16(23)17-11-15-18-19-20-22(15)13-5-3-2-4-6-13/h2-6,14H,7-12H2,1H3,(H,17,23). The Morgan fingerprint density at radius 3 is 2.81 bits per heavy atom. The van der Waals surface area contributed by atoms with Gasteiger partial charge in [0, 0.05) is 19.0 Å². The van der Waals surface area contributed by atoms with Gasteiger partial charge >= 0.3 is 0 Å². The summed E-state index contributed by atoms with van der Waals surface area (Å²) < 4.78 is 24.7. The van der Waals surface area contributed by atoms with E-state index < -0.39 is 9.84 Å². The molecule has 1 aliphatic heterocycles. The Morgan fingerprint density at radius 2 is 2.12 bits per heavy atom. The van der Waals surface area contributed by atoms with Crippen LogP contribution in [0.4, 0.5) is 0 Å². The van der Waals surface area contributed by atoms with Crippen molar-refractivity contribution in [3.63, 3.8) is 0 Å². The molecule has 9 nitrogen and oxygen atoms in total. The Morgan fingerprint density at radius 1 is 1.35 bits per heavy atom. The molecule has 1 aromatic heterocycles. The number of benzene rings is 1. The zero-order valence-corrected chi connectivity index (χ0v) is 15.4. The molecule has 0 spiro atoms. The molecule has 1 saturated heterocycles. The van der Waals surface area contributed by atoms with Gasteiger partial charge in [0.2, 0.25) is 5.91 Å². The van der Waals surface area contributed by atoms with Gasteiger partial charge in [0.25, 0.3) is 0 Å². The summed E-state index contributed by atoms with van der Waals surface area (Å²) >= 11 is 0. The van der Waals surface area contributed by atoms with Gasteiger partial charge in [-0.2, -0.15) is 4.68 Å². The summed E-state index contributed by atoms with van der Waals surface area (Å²) in [5, 5.41) is 14.4. The second kappa shape index (κ2) is 7.92. The van der Waals surface area contributed by atoms with Gasteiger partial charge < -0.3 is 10.2 Å². The number of sulfone groups is 1. The van der Waals surface area contributed by atoms with E-state index in [1.165, 1.54) is 0 Å². The fourth-order valence-electron chi connectivity index (χ4n) is 2.94. The minimum atomic E-state index is -2.92. The summed E-state index contributed by atoms with van der Waals surface area (Å²) in [5.74, 6) is 0.827. The minimum Gasteiger partial charge on any atom is -0.349 e. The molecule has 0 saturated carbocycles. The fourth-order valence-corrected chi connectivity index (χ4v) is 4.74. The first kappa shape index (κ1) is 18.5. The van der Waals surface area contributed by atoms with E-state index in [2.05, 4.69) is 20.8 Å². The summed E-state index contributed by atoms with van der Waals surface area (Å²) in [7, 11) is -1.06. The lowest BCUT2D eigenvalue weighted by Gasteiger charge is -2.22. The van der Waals surface area contributed by atoms with Crippen molar-refractivity contribution in [1.82, 2.24) is 30.4 Å². The van der Waals surface area contributed by atoms with Crippen LogP contribution in [0.15, 0.2) is 30.3 Å². The highest BCUT2D eigenvalue weighted by atomic mass is 32.2. The Bertz CT molecular complexity index is 852. The molecule has 1 aromatic carbocycles. The van der Waals surface area contributed by atoms with E-state index in [4.69, 9.17) is 0 Å². The first-order chi connectivity index (χ1) is 12.4. The van der Waals surface area contributed by atoms with Crippen molar-refractivity contribution in [2.75, 3.05) is 25.1 Å². The van der Waals surface area contributed by atoms with Crippen molar-refractivity contribution in [3.05, 3.63) is 36.2 Å². The lowest BCUT2D eigenvalue weighted by molar-refractivity contribution is -0.121. The topological polar surface area (TPSA) is 110 Å². The molecule has 10 heteroatoms. The number of rotatable bonds is 7. The highest BCUT2D eigenvalue weighted by Gasteiger charge is 2.30. The third-order valence-corrected chi connectivity index (χ3v) is 6.25. The molecule has 1 unspecified atom stereocenters. The van der Waals surface area contributed by atoms with Crippen LogP contribution >= 0.6 is 0 Å². The quantitative estimate of drug-likeness (QED) is 0.710. The van der Waals surface area contributed by atoms with E-state index in [1.807, 2.05) is 42.3 Å². The van der Waals surface area contributed by atoms with Crippen LogP contribution in [-0.2, 0) is 21.2 Å². The third-order valence-electron chi connectivity index (χ3n) is 4.50. The normalized spacial score (nSPS) is 18.9. The molecule has 140 valence electrons. The number of nitrogens with zero attached hydrogens (tertiary/aromatic N) is 5. The SMILES string of the molecule is CN(CCC(=O)NCc1nnnn1-c1ccccc1)C1CCS(=O)(=O)C1. The second-order valence-corrected chi connectivity index (χ2v) is 8.64. The van der Waals surface area contributed by atoms with E-state index in [0.29, 0.717) is 25.2 Å². The minimum absolute atomic E-state index is 0.00169. The molecule has 0 radical (unpaired) electrons. The summed E-state index contributed by atoms with van der Waals surface area (Å²) in [6.07, 6.45) is 0.923. The first-order valence-electron chi connectivity index (χ1n) is 8.45. The van der Waals surface area contributed by atoms with Crippen molar-refractivity contribution in [2.24, 2.45) is 0 Å². The van der Waals surface area contributed by atoms with Gasteiger partial charge in [0.15, 0.2) is 15.7 Å². The van der Waals surface area contributed by atoms with Crippen molar-refractivity contribution < 1.29 is 13.2 Å². The van der Waals surface area contributed by atoms with Gasteiger partial charge in [0.1, 0.15) is 0 Å². The Hall–Kier alpha value is -2.33. The van der Waals surface area contributed by atoms with E-state index >= 15 is 0 Å². The molecule has 1 aliphatic rings. The second-order valence-electron chi connectivity index (χ2n) is 6.41. The average molecular weight is 378 g/mol. The van der Waals surface area contributed by atoms with Crippen LogP contribution in [0, 0.1) is 0 Å². The zero-order chi connectivity index (χ0) is 18.6. The number of nitrogens with one attached hydrogen (secondary N) is 1. The van der Waals surface area contributed by atoms with Gasteiger partial charge in [-0.25, -0.2) is 8.42 Å². The number of para-hydroxylation sites is 1. The number of hydrogen-bond acceptors (Lipinski definition) is 7. The van der Waals surface area contributed by atoms with Gasteiger partial charge in [-0.1, -0.05) is 18.2 Å². The predicted octanol–water partition coefficient (Wildman–Crippen LogP) is -0.212. The van der Waals surface area contributed by atoms with Gasteiger partial charge in [-0.3, -0.25) is 4.79 Å². The number of carbonyl (C=O) groups excluding carboxylic acids is 1. The lowest BCUT2D eigenvalue weighted by atomic mass is 10.2. The molecular formula is C16H22N6O3S. The van der Waals surface area contributed by atoms with Crippen molar-refractivity contribution in [2.45, 2.75) is 25.4 Å². The largest absolute Gasteiger partial charge is 0.349 e. The molecule has 1 amide bonds. The monoisotopic (exact) mass is 378 g/mol. The van der Waals surface area contributed by atoms with Crippen molar-refractivity contribution in [1.29, 1.82) is 0 Å². The van der Waals surface area contributed by atoms with Crippen LogP contribution in [0.1, 0.15) is 18.7 Å². The predicted molar refractivity (Wildman–Crippen MR) is 95.3 cm³/mol. The molecule has 26 heavy (non-hydrogen) atoms. The number of amides is 1. The lowest BCUT2D eigenvalue weighted by Crippen LogP contribution is -2.36. The molecule has 0 aliphatic carbocycles. The van der Waals surface area contributed by atoms with Crippen LogP contribution < -0.4 is 5.32 Å². The Labute approximate surface area is 152 Å². The van der Waals surface area contributed by atoms with Gasteiger partial charge in [-0.05, 0) is 36.0 Å². The summed E-state index contributed by atoms with van der Waals surface area (Å²) in [4.78, 5) is 14.0. The molecule has 0 bridgehead atoms. The Balaban J connectivity index is 1.47. The highest BCUT2D eigenvalue weighted by molar-refractivity contribution is 7.91. The highest BCUT2D eigenvalue weighted by Crippen LogP contribution is 2.16. The van der Waals surface area contributed by atoms with Crippen LogP contribution in [0.3, 0.4) is 0 Å². The van der Waals surface area contributed by atoms with Crippen molar-refractivity contribution in [3.8, 4) is 5.69 Å². The number of carbonyl (C=O) groups is 1. The summed E-state index contributed by atoms with van der Waals surface area (Å²) in [6, 6.07) is 9.44. The Kier molecular flexibility index (Phi) is 5.62. The number of tetrazole rings is 1. The van der Waals surface area contributed by atoms with Crippen LogP contribution in [0.25, 0.3) is 5.69 Å². The van der Waals surface area contributed by atoms with Crippen LogP contribution in [0.2, 0.25) is 0 Å². The van der Waals surface area contributed by atoms with E-state index in [1.54, 1.807) is 4.68 Å². The molecule has 1 atom stereocenters. The maximum absolute atomic E-state index is 12.1. The van der Waals surface area contributed by atoms with Gasteiger partial charge in [0.05, 0.1) is 23.7 Å². The molecule has 1 fully saturated rings. The molecular weight excluding hydrogens is 356 g/mol. The van der Waals surface area contributed by atoms with Crippen LogP contribution in [-0.4, -0.2) is 70.6 Å². The van der Waals surface area contributed by atoms with E-state index in [0.717, 1.165) is 5.69 Å². The first-order valence-corrected chi connectivity index (χ1v) is 10.3. The number of hydrogen-bond donors (Lipinski definition) is 1. The molecule has 3 rings (SSSR count). The smallest absolute Gasteiger partial charge is 0.221 e. The fraction of sp³-hybridized carbons (Fsp3) is 0.500. The molecule has 2 aromatic rings. The summed E-state index contributed by atoms with van der Waals surface area (Å²) in [6.45, 7) is 0.734. The zero-order valence-electron chi connectivity index (χ0n) is 14.6. The third kappa shape index (κ3) is 4.64.